The Hall–Kier alpha value is -0.490. The van der Waals surface area contributed by atoms with E-state index < -0.39 is 5.97 Å². The molecule has 0 aliphatic rings. The summed E-state index contributed by atoms with van der Waals surface area (Å²) in [7, 11) is 0. The van der Waals surface area contributed by atoms with Crippen LogP contribution >= 0.6 is 15.9 Å². The lowest BCUT2D eigenvalue weighted by Gasteiger charge is -2.09. The lowest BCUT2D eigenvalue weighted by molar-refractivity contribution is -0.137. The molecule has 0 amide bonds. The number of hydrogen-bond donors (Lipinski definition) is 1. The first-order valence-electron chi connectivity index (χ1n) is 11.0. The third-order valence-corrected chi connectivity index (χ3v) is 5.42. The Kier molecular flexibility index (Phi) is 20.4. The van der Waals surface area contributed by atoms with Crippen LogP contribution in [0.2, 0.25) is 0 Å². The zero-order valence-electron chi connectivity index (χ0n) is 17.0. The van der Waals surface area contributed by atoms with Crippen LogP contribution < -0.4 is 0 Å². The van der Waals surface area contributed by atoms with Gasteiger partial charge in [-0.3, -0.25) is 4.79 Å². The predicted octanol–water partition coefficient (Wildman–Crippen LogP) is 7.74. The van der Waals surface area contributed by atoms with Crippen LogP contribution in [0.25, 0.3) is 0 Å². The molecule has 0 aliphatic heterocycles. The average Bonchev–Trinajstić information content (AvgIpc) is 2.63. The summed E-state index contributed by atoms with van der Waals surface area (Å²) >= 11 is 3.48. The van der Waals surface area contributed by atoms with Crippen LogP contribution in [-0.2, 0) is 4.79 Å². The molecule has 152 valence electrons. The van der Waals surface area contributed by atoms with E-state index in [-0.39, 0.29) is 12.3 Å². The number of hydrogen-bond acceptors (Lipinski definition) is 1. The molecule has 0 saturated carbocycles. The fourth-order valence-corrected chi connectivity index (χ4v) is 3.56. The molecule has 0 radical (unpaired) electrons. The van der Waals surface area contributed by atoms with Gasteiger partial charge in [-0.1, -0.05) is 99.4 Å². The van der Waals surface area contributed by atoms with Crippen molar-refractivity contribution in [3.05, 3.63) is 0 Å². The van der Waals surface area contributed by atoms with E-state index in [9.17, 15) is 4.79 Å². The minimum Gasteiger partial charge on any atom is -0.481 e. The highest BCUT2D eigenvalue weighted by Crippen LogP contribution is 2.17. The molecule has 1 atom stereocenters. The fourth-order valence-electron chi connectivity index (χ4n) is 3.17. The molecule has 0 rings (SSSR count). The predicted molar refractivity (Wildman–Crippen MR) is 117 cm³/mol. The first kappa shape index (κ1) is 25.5. The summed E-state index contributed by atoms with van der Waals surface area (Å²) in [6, 6.07) is 0. The maximum atomic E-state index is 10.9. The van der Waals surface area contributed by atoms with Crippen molar-refractivity contribution in [2.45, 2.75) is 116 Å². The SMILES string of the molecule is CCCCCCCC#CC(CCCCCCCCCCBr)CCC(=O)O. The standard InChI is InChI=1S/C23H41BrO2/c1-2-3-4-5-8-11-14-17-22(19-20-23(25)26)18-15-12-9-6-7-10-13-16-21-24/h22H,2-13,15-16,18-21H2,1H3,(H,25,26). The van der Waals surface area contributed by atoms with Gasteiger partial charge in [-0.2, -0.15) is 0 Å². The van der Waals surface area contributed by atoms with Gasteiger partial charge in [-0.05, 0) is 25.7 Å². The van der Waals surface area contributed by atoms with Crippen LogP contribution in [0, 0.1) is 17.8 Å². The maximum absolute atomic E-state index is 10.9. The molecule has 3 heteroatoms. The van der Waals surface area contributed by atoms with Crippen molar-refractivity contribution in [3.63, 3.8) is 0 Å². The number of unbranched alkanes of at least 4 members (excludes halogenated alkanes) is 12. The van der Waals surface area contributed by atoms with Crippen molar-refractivity contribution in [1.82, 2.24) is 0 Å². The lowest BCUT2D eigenvalue weighted by atomic mass is 9.95. The molecule has 0 bridgehead atoms. The zero-order chi connectivity index (χ0) is 19.3. The van der Waals surface area contributed by atoms with Gasteiger partial charge in [0.2, 0.25) is 0 Å². The second kappa shape index (κ2) is 20.8. The molecular weight excluding hydrogens is 388 g/mol. The second-order valence-corrected chi connectivity index (χ2v) is 8.21. The van der Waals surface area contributed by atoms with Crippen molar-refractivity contribution >= 4 is 21.9 Å². The summed E-state index contributed by atoms with van der Waals surface area (Å²) < 4.78 is 0. The molecule has 0 aromatic heterocycles. The Labute approximate surface area is 171 Å². The molecular formula is C23H41BrO2. The summed E-state index contributed by atoms with van der Waals surface area (Å²) in [6.07, 6.45) is 19.8. The summed E-state index contributed by atoms with van der Waals surface area (Å²) in [5.74, 6) is 6.28. The number of aliphatic carboxylic acids is 1. The van der Waals surface area contributed by atoms with Gasteiger partial charge in [-0.25, -0.2) is 0 Å². The summed E-state index contributed by atoms with van der Waals surface area (Å²) in [5.41, 5.74) is 0. The Morgan fingerprint density at radius 1 is 0.846 bits per heavy atom. The topological polar surface area (TPSA) is 37.3 Å². The van der Waals surface area contributed by atoms with E-state index in [4.69, 9.17) is 5.11 Å². The van der Waals surface area contributed by atoms with E-state index in [0.29, 0.717) is 6.42 Å². The van der Waals surface area contributed by atoms with Gasteiger partial charge in [0.25, 0.3) is 0 Å². The summed E-state index contributed by atoms with van der Waals surface area (Å²) in [4.78, 5) is 10.9. The van der Waals surface area contributed by atoms with Crippen LogP contribution in [0.4, 0.5) is 0 Å². The molecule has 0 saturated heterocycles. The Morgan fingerprint density at radius 2 is 1.42 bits per heavy atom. The van der Waals surface area contributed by atoms with Gasteiger partial charge in [0.15, 0.2) is 0 Å². The number of carboxylic acids is 1. The van der Waals surface area contributed by atoms with Crippen molar-refractivity contribution < 1.29 is 9.90 Å². The van der Waals surface area contributed by atoms with Crippen LogP contribution in [-0.4, -0.2) is 16.4 Å². The van der Waals surface area contributed by atoms with Crippen molar-refractivity contribution in [2.75, 3.05) is 5.33 Å². The highest BCUT2D eigenvalue weighted by Gasteiger charge is 2.08. The molecule has 2 nitrogen and oxygen atoms in total. The minimum atomic E-state index is -0.695. The monoisotopic (exact) mass is 428 g/mol. The van der Waals surface area contributed by atoms with Gasteiger partial charge < -0.3 is 5.11 Å². The third kappa shape index (κ3) is 19.8. The molecule has 0 fully saturated rings. The fraction of sp³-hybridized carbons (Fsp3) is 0.870. The van der Waals surface area contributed by atoms with E-state index in [1.165, 1.54) is 83.5 Å². The zero-order valence-corrected chi connectivity index (χ0v) is 18.6. The normalized spacial score (nSPS) is 11.8. The second-order valence-electron chi connectivity index (χ2n) is 7.42. The summed E-state index contributed by atoms with van der Waals surface area (Å²) in [5, 5.41) is 10.1. The minimum absolute atomic E-state index is 0.253. The smallest absolute Gasteiger partial charge is 0.303 e. The highest BCUT2D eigenvalue weighted by molar-refractivity contribution is 9.09. The Bertz CT molecular complexity index is 370. The highest BCUT2D eigenvalue weighted by atomic mass is 79.9. The van der Waals surface area contributed by atoms with Gasteiger partial charge in [0.05, 0.1) is 0 Å². The molecule has 0 spiro atoms. The summed E-state index contributed by atoms with van der Waals surface area (Å²) in [6.45, 7) is 2.23. The van der Waals surface area contributed by atoms with Crippen molar-refractivity contribution in [2.24, 2.45) is 5.92 Å². The van der Waals surface area contributed by atoms with Gasteiger partial charge in [0.1, 0.15) is 0 Å². The molecule has 0 aliphatic carbocycles. The van der Waals surface area contributed by atoms with Crippen LogP contribution in [0.3, 0.4) is 0 Å². The van der Waals surface area contributed by atoms with Crippen LogP contribution in [0.1, 0.15) is 116 Å². The van der Waals surface area contributed by atoms with E-state index in [0.717, 1.165) is 18.2 Å². The van der Waals surface area contributed by atoms with Crippen LogP contribution in [0.15, 0.2) is 0 Å². The van der Waals surface area contributed by atoms with E-state index >= 15 is 0 Å². The van der Waals surface area contributed by atoms with Crippen molar-refractivity contribution in [3.8, 4) is 11.8 Å². The first-order chi connectivity index (χ1) is 12.7. The molecule has 1 N–H and O–H groups in total. The molecule has 0 aromatic carbocycles. The number of halogens is 1. The Morgan fingerprint density at radius 3 is 2.04 bits per heavy atom. The number of carboxylic acid groups (broad SMARTS) is 1. The largest absolute Gasteiger partial charge is 0.481 e. The van der Waals surface area contributed by atoms with E-state index in [2.05, 4.69) is 34.7 Å². The van der Waals surface area contributed by atoms with Crippen LogP contribution in [0.5, 0.6) is 0 Å². The lowest BCUT2D eigenvalue weighted by Crippen LogP contribution is -2.03. The van der Waals surface area contributed by atoms with Gasteiger partial charge in [-0.15, -0.1) is 5.92 Å². The molecule has 1 unspecified atom stereocenters. The molecule has 0 heterocycles. The van der Waals surface area contributed by atoms with E-state index in [1.807, 2.05) is 0 Å². The maximum Gasteiger partial charge on any atom is 0.303 e. The number of alkyl halides is 1. The average molecular weight is 429 g/mol. The number of carbonyl (C=O) groups is 1. The Balaban J connectivity index is 3.84. The third-order valence-electron chi connectivity index (χ3n) is 4.85. The van der Waals surface area contributed by atoms with Crippen molar-refractivity contribution in [1.29, 1.82) is 0 Å². The van der Waals surface area contributed by atoms with Gasteiger partial charge in [0, 0.05) is 24.1 Å². The quantitative estimate of drug-likeness (QED) is 0.137. The number of rotatable bonds is 18. The molecule has 26 heavy (non-hydrogen) atoms. The first-order valence-corrected chi connectivity index (χ1v) is 12.1. The van der Waals surface area contributed by atoms with E-state index in [1.54, 1.807) is 0 Å². The van der Waals surface area contributed by atoms with Gasteiger partial charge >= 0.3 is 5.97 Å². The molecule has 0 aromatic rings.